The van der Waals surface area contributed by atoms with E-state index in [1.165, 1.54) is 5.56 Å². The molecule has 2 rings (SSSR count). The largest absolute Gasteiger partial charge is 0.342 e. The van der Waals surface area contributed by atoms with Gasteiger partial charge in [0.25, 0.3) is 0 Å². The van der Waals surface area contributed by atoms with Gasteiger partial charge in [0, 0.05) is 39.1 Å². The van der Waals surface area contributed by atoms with E-state index < -0.39 is 0 Å². The van der Waals surface area contributed by atoms with Crippen molar-refractivity contribution in [1.29, 1.82) is 0 Å². The second kappa shape index (κ2) is 8.70. The molecule has 1 amide bonds. The zero-order chi connectivity index (χ0) is 14.1. The molecule has 19 heavy (non-hydrogen) atoms. The van der Waals surface area contributed by atoms with Crippen molar-refractivity contribution in [3.05, 3.63) is 35.9 Å². The molecule has 1 aliphatic rings. The Kier molecular flexibility index (Phi) is 7.19. The molecule has 106 valence electrons. The lowest BCUT2D eigenvalue weighted by atomic mass is 10.2. The van der Waals surface area contributed by atoms with Gasteiger partial charge in [0.1, 0.15) is 0 Å². The van der Waals surface area contributed by atoms with Crippen LogP contribution in [0.5, 0.6) is 0 Å². The molecule has 0 radical (unpaired) electrons. The van der Waals surface area contributed by atoms with Crippen LogP contribution in [-0.2, 0) is 11.3 Å². The Bertz CT molecular complexity index is 364. The van der Waals surface area contributed by atoms with Gasteiger partial charge in [0.2, 0.25) is 5.91 Å². The van der Waals surface area contributed by atoms with Gasteiger partial charge in [-0.3, -0.25) is 9.69 Å². The van der Waals surface area contributed by atoms with Crippen molar-refractivity contribution >= 4 is 5.91 Å². The summed E-state index contributed by atoms with van der Waals surface area (Å²) in [6.07, 6.45) is 0.653. The maximum atomic E-state index is 11.7. The van der Waals surface area contributed by atoms with Crippen LogP contribution in [0.4, 0.5) is 0 Å². The highest BCUT2D eigenvalue weighted by molar-refractivity contribution is 5.76. The lowest BCUT2D eigenvalue weighted by Crippen LogP contribution is -2.32. The topological polar surface area (TPSA) is 23.6 Å². The molecule has 0 N–H and O–H groups in total. The lowest BCUT2D eigenvalue weighted by molar-refractivity contribution is -0.130. The maximum absolute atomic E-state index is 11.7. The molecule has 0 unspecified atom stereocenters. The van der Waals surface area contributed by atoms with Gasteiger partial charge in [0.05, 0.1) is 0 Å². The maximum Gasteiger partial charge on any atom is 0.223 e. The van der Waals surface area contributed by atoms with E-state index in [2.05, 4.69) is 29.2 Å². The van der Waals surface area contributed by atoms with Crippen molar-refractivity contribution in [3.8, 4) is 0 Å². The normalized spacial score (nSPS) is 16.6. The quantitative estimate of drug-likeness (QED) is 0.836. The molecule has 0 spiro atoms. The molecule has 1 saturated heterocycles. The van der Waals surface area contributed by atoms with E-state index in [-0.39, 0.29) is 0 Å². The van der Waals surface area contributed by atoms with Crippen LogP contribution in [0.15, 0.2) is 30.3 Å². The van der Waals surface area contributed by atoms with Gasteiger partial charge in [0.15, 0.2) is 0 Å². The number of amides is 1. The van der Waals surface area contributed by atoms with Crippen LogP contribution in [0, 0.1) is 0 Å². The molecule has 1 fully saturated rings. The number of carbonyl (C=O) groups excluding carboxylic acids is 1. The third kappa shape index (κ3) is 5.03. The van der Waals surface area contributed by atoms with Crippen molar-refractivity contribution < 1.29 is 4.79 Å². The number of likely N-dealkylation sites (N-methyl/N-ethyl adjacent to an activating group) is 1. The predicted molar refractivity (Wildman–Crippen MR) is 79.9 cm³/mol. The van der Waals surface area contributed by atoms with Crippen molar-refractivity contribution in [2.24, 2.45) is 0 Å². The molecule has 0 aliphatic carbocycles. The third-order valence-corrected chi connectivity index (χ3v) is 3.31. The molecule has 0 aromatic heterocycles. The summed E-state index contributed by atoms with van der Waals surface area (Å²) in [5.74, 6) is 0.295. The van der Waals surface area contributed by atoms with Gasteiger partial charge in [-0.1, -0.05) is 44.2 Å². The zero-order valence-electron chi connectivity index (χ0n) is 12.4. The Hall–Kier alpha value is -1.35. The first-order valence-electron chi connectivity index (χ1n) is 7.33. The first kappa shape index (κ1) is 15.7. The van der Waals surface area contributed by atoms with Crippen molar-refractivity contribution in [3.63, 3.8) is 0 Å². The Labute approximate surface area is 117 Å². The van der Waals surface area contributed by atoms with Crippen LogP contribution >= 0.6 is 0 Å². The first-order chi connectivity index (χ1) is 9.29. The van der Waals surface area contributed by atoms with Gasteiger partial charge in [-0.15, -0.1) is 0 Å². The van der Waals surface area contributed by atoms with Crippen LogP contribution in [0.1, 0.15) is 32.8 Å². The van der Waals surface area contributed by atoms with Crippen molar-refractivity contribution in [2.45, 2.75) is 33.7 Å². The van der Waals surface area contributed by atoms with Crippen LogP contribution in [0.3, 0.4) is 0 Å². The van der Waals surface area contributed by atoms with Crippen LogP contribution in [0.25, 0.3) is 0 Å². The molecule has 0 atom stereocenters. The van der Waals surface area contributed by atoms with E-state index in [0.717, 1.165) is 32.7 Å². The zero-order valence-corrected chi connectivity index (χ0v) is 12.4. The first-order valence-corrected chi connectivity index (χ1v) is 7.33. The summed E-state index contributed by atoms with van der Waals surface area (Å²) in [4.78, 5) is 16.1. The summed E-state index contributed by atoms with van der Waals surface area (Å²) < 4.78 is 0. The average molecular weight is 262 g/mol. The molecule has 0 saturated carbocycles. The van der Waals surface area contributed by atoms with Gasteiger partial charge in [-0.25, -0.2) is 0 Å². The molecule has 1 aromatic carbocycles. The van der Waals surface area contributed by atoms with Gasteiger partial charge in [-0.2, -0.15) is 0 Å². The number of nitrogens with zero attached hydrogens (tertiary/aromatic N) is 2. The molecule has 3 nitrogen and oxygen atoms in total. The molecular weight excluding hydrogens is 236 g/mol. The minimum Gasteiger partial charge on any atom is -0.342 e. The Morgan fingerprint density at radius 2 is 1.74 bits per heavy atom. The number of hydrogen-bond donors (Lipinski definition) is 0. The van der Waals surface area contributed by atoms with E-state index in [1.807, 2.05) is 31.7 Å². The number of rotatable bonds is 3. The SMILES string of the molecule is CC.CCN1CCN(Cc2ccccc2)CCC1=O. The van der Waals surface area contributed by atoms with Crippen LogP contribution in [0.2, 0.25) is 0 Å². The smallest absolute Gasteiger partial charge is 0.223 e. The van der Waals surface area contributed by atoms with E-state index in [4.69, 9.17) is 0 Å². The summed E-state index contributed by atoms with van der Waals surface area (Å²) in [7, 11) is 0. The highest BCUT2D eigenvalue weighted by Gasteiger charge is 2.19. The molecule has 0 bridgehead atoms. The summed E-state index contributed by atoms with van der Waals surface area (Å²) in [5.41, 5.74) is 1.32. The standard InChI is InChI=1S/C14H20N2O.C2H6/c1-2-16-11-10-15(9-8-14(16)17)12-13-6-4-3-5-7-13;1-2/h3-7H,2,8-12H2,1H3;1-2H3. The predicted octanol–water partition coefficient (Wildman–Crippen LogP) is 2.77. The highest BCUT2D eigenvalue weighted by atomic mass is 16.2. The second-order valence-electron chi connectivity index (χ2n) is 4.49. The Balaban J connectivity index is 0.000000861. The van der Waals surface area contributed by atoms with Gasteiger partial charge < -0.3 is 4.90 Å². The fraction of sp³-hybridized carbons (Fsp3) is 0.562. The van der Waals surface area contributed by atoms with Crippen molar-refractivity contribution in [2.75, 3.05) is 26.2 Å². The van der Waals surface area contributed by atoms with Gasteiger partial charge >= 0.3 is 0 Å². The van der Waals surface area contributed by atoms with E-state index in [9.17, 15) is 4.79 Å². The molecule has 3 heteroatoms. The van der Waals surface area contributed by atoms with Crippen LogP contribution < -0.4 is 0 Å². The van der Waals surface area contributed by atoms with E-state index in [1.54, 1.807) is 0 Å². The number of benzene rings is 1. The molecular formula is C16H26N2O. The third-order valence-electron chi connectivity index (χ3n) is 3.31. The summed E-state index contributed by atoms with van der Waals surface area (Å²) in [5, 5.41) is 0. The van der Waals surface area contributed by atoms with E-state index in [0.29, 0.717) is 12.3 Å². The minimum atomic E-state index is 0.295. The van der Waals surface area contributed by atoms with Gasteiger partial charge in [-0.05, 0) is 12.5 Å². The summed E-state index contributed by atoms with van der Waals surface area (Å²) in [6.45, 7) is 10.6. The Morgan fingerprint density at radius 1 is 1.05 bits per heavy atom. The summed E-state index contributed by atoms with van der Waals surface area (Å²) >= 11 is 0. The van der Waals surface area contributed by atoms with Crippen molar-refractivity contribution in [1.82, 2.24) is 9.80 Å². The minimum absolute atomic E-state index is 0.295. The molecule has 1 heterocycles. The Morgan fingerprint density at radius 3 is 2.37 bits per heavy atom. The number of hydrogen-bond acceptors (Lipinski definition) is 2. The lowest BCUT2D eigenvalue weighted by Gasteiger charge is -2.20. The molecule has 1 aromatic rings. The summed E-state index contributed by atoms with van der Waals surface area (Å²) in [6, 6.07) is 10.5. The fourth-order valence-corrected chi connectivity index (χ4v) is 2.24. The molecule has 1 aliphatic heterocycles. The van der Waals surface area contributed by atoms with E-state index >= 15 is 0 Å². The highest BCUT2D eigenvalue weighted by Crippen LogP contribution is 2.09. The monoisotopic (exact) mass is 262 g/mol. The number of carbonyl (C=O) groups is 1. The average Bonchev–Trinajstić information content (AvgIpc) is 2.64. The second-order valence-corrected chi connectivity index (χ2v) is 4.49. The fourth-order valence-electron chi connectivity index (χ4n) is 2.24. The van der Waals surface area contributed by atoms with Crippen LogP contribution in [-0.4, -0.2) is 41.9 Å².